The van der Waals surface area contributed by atoms with Gasteiger partial charge in [-0.25, -0.2) is 0 Å². The van der Waals surface area contributed by atoms with Gasteiger partial charge in [0.25, 0.3) is 0 Å². The maximum atomic E-state index is 14.6. The van der Waals surface area contributed by atoms with E-state index in [1.165, 1.54) is 7.11 Å². The van der Waals surface area contributed by atoms with Crippen LogP contribution in [-0.4, -0.2) is 42.0 Å². The fourth-order valence-corrected chi connectivity index (χ4v) is 8.25. The third-order valence-electron chi connectivity index (χ3n) is 10.7. The number of esters is 1. The van der Waals surface area contributed by atoms with E-state index in [1.807, 2.05) is 79.7 Å². The number of fused-ring (bicyclic) bond motifs is 3. The Morgan fingerprint density at radius 3 is 2.19 bits per heavy atom. The zero-order valence-electron chi connectivity index (χ0n) is 27.1. The molecule has 4 aromatic rings. The van der Waals surface area contributed by atoms with E-state index >= 15 is 0 Å². The Labute approximate surface area is 275 Å². The summed E-state index contributed by atoms with van der Waals surface area (Å²) >= 11 is 0. The molecule has 0 spiro atoms. The Balaban J connectivity index is 1.24. The molecule has 1 aliphatic carbocycles. The molecule has 4 atom stereocenters. The Morgan fingerprint density at radius 2 is 1.51 bits per heavy atom. The summed E-state index contributed by atoms with van der Waals surface area (Å²) in [5.41, 5.74) is 1.43. The molecule has 1 saturated heterocycles. The van der Waals surface area contributed by atoms with Gasteiger partial charge in [0.2, 0.25) is 11.8 Å². The van der Waals surface area contributed by atoms with Crippen molar-refractivity contribution in [1.82, 2.24) is 10.2 Å². The van der Waals surface area contributed by atoms with E-state index in [-0.39, 0.29) is 37.3 Å². The third kappa shape index (κ3) is 5.71. The highest BCUT2D eigenvalue weighted by Crippen LogP contribution is 2.52. The van der Waals surface area contributed by atoms with Gasteiger partial charge in [0, 0.05) is 24.6 Å². The number of benzene rings is 4. The van der Waals surface area contributed by atoms with Gasteiger partial charge in [0.15, 0.2) is 0 Å². The van der Waals surface area contributed by atoms with Crippen LogP contribution < -0.4 is 5.32 Å². The van der Waals surface area contributed by atoms with E-state index in [0.717, 1.165) is 58.4 Å². The molecular weight excluding hydrogens is 588 g/mol. The lowest BCUT2D eigenvalue weighted by Crippen LogP contribution is -2.60. The molecule has 2 fully saturated rings. The summed E-state index contributed by atoms with van der Waals surface area (Å²) in [6.45, 7) is 2.55. The molecule has 7 heteroatoms. The van der Waals surface area contributed by atoms with Crippen molar-refractivity contribution < 1.29 is 23.9 Å². The van der Waals surface area contributed by atoms with Crippen LogP contribution in [0, 0.1) is 17.3 Å². The molecule has 1 saturated carbocycles. The second-order valence-corrected chi connectivity index (χ2v) is 13.4. The van der Waals surface area contributed by atoms with Crippen molar-refractivity contribution in [1.29, 1.82) is 0 Å². The molecule has 0 bridgehead atoms. The van der Waals surface area contributed by atoms with Gasteiger partial charge in [-0.1, -0.05) is 97.8 Å². The smallest absolute Gasteiger partial charge is 0.320 e. The van der Waals surface area contributed by atoms with Crippen molar-refractivity contribution in [3.63, 3.8) is 0 Å². The summed E-state index contributed by atoms with van der Waals surface area (Å²) < 4.78 is 12.1. The lowest BCUT2D eigenvalue weighted by Gasteiger charge is -2.52. The lowest BCUT2D eigenvalue weighted by atomic mass is 9.66. The number of piperidine rings is 1. The van der Waals surface area contributed by atoms with E-state index in [2.05, 4.69) is 23.5 Å². The first-order valence-corrected chi connectivity index (χ1v) is 16.9. The molecule has 3 aliphatic rings. The minimum atomic E-state index is -1.22. The first-order valence-electron chi connectivity index (χ1n) is 16.9. The van der Waals surface area contributed by atoms with Crippen molar-refractivity contribution in [2.24, 2.45) is 17.3 Å². The molecule has 0 radical (unpaired) electrons. The highest BCUT2D eigenvalue weighted by Gasteiger charge is 2.60. The van der Waals surface area contributed by atoms with Gasteiger partial charge in [0.1, 0.15) is 5.41 Å². The predicted molar refractivity (Wildman–Crippen MR) is 182 cm³/mol. The van der Waals surface area contributed by atoms with E-state index in [4.69, 9.17) is 9.47 Å². The molecular formula is C40H42N2O5. The molecule has 0 aromatic heterocycles. The minimum absolute atomic E-state index is 0.0412. The van der Waals surface area contributed by atoms with Crippen molar-refractivity contribution in [2.75, 3.05) is 7.11 Å². The summed E-state index contributed by atoms with van der Waals surface area (Å²) in [5, 5.41) is 7.37. The number of carbonyl (C=O) groups is 3. The summed E-state index contributed by atoms with van der Waals surface area (Å²) in [7, 11) is 1.39. The zero-order valence-corrected chi connectivity index (χ0v) is 27.1. The van der Waals surface area contributed by atoms with Crippen LogP contribution in [0.4, 0.5) is 0 Å². The number of likely N-dealkylation sites (tertiary alicyclic amines) is 1. The first kappa shape index (κ1) is 31.1. The molecule has 1 N–H and O–H groups in total. The topological polar surface area (TPSA) is 84.9 Å². The van der Waals surface area contributed by atoms with Gasteiger partial charge in [0.05, 0.1) is 25.9 Å². The fraction of sp³-hybridized carbons (Fsp3) is 0.375. The van der Waals surface area contributed by atoms with Crippen LogP contribution in [-0.2, 0) is 36.9 Å². The first-order chi connectivity index (χ1) is 22.9. The van der Waals surface area contributed by atoms with Crippen LogP contribution in [0.15, 0.2) is 96.7 Å². The molecule has 2 amide bonds. The van der Waals surface area contributed by atoms with E-state index < -0.39 is 23.4 Å². The second-order valence-electron chi connectivity index (χ2n) is 13.4. The fourth-order valence-electron chi connectivity index (χ4n) is 8.25. The van der Waals surface area contributed by atoms with Gasteiger partial charge in [-0.3, -0.25) is 14.4 Å². The summed E-state index contributed by atoms with van der Waals surface area (Å²) in [4.78, 5) is 43.9. The normalized spacial score (nSPS) is 24.6. The highest BCUT2D eigenvalue weighted by atomic mass is 16.5. The van der Waals surface area contributed by atoms with E-state index in [1.54, 1.807) is 4.90 Å². The highest BCUT2D eigenvalue weighted by molar-refractivity contribution is 5.94. The monoisotopic (exact) mass is 630 g/mol. The van der Waals surface area contributed by atoms with E-state index in [9.17, 15) is 14.4 Å². The third-order valence-corrected chi connectivity index (χ3v) is 10.7. The number of hydrogen-bond acceptors (Lipinski definition) is 5. The van der Waals surface area contributed by atoms with Gasteiger partial charge in [-0.2, -0.15) is 0 Å². The van der Waals surface area contributed by atoms with Crippen LogP contribution >= 0.6 is 0 Å². The van der Waals surface area contributed by atoms with Crippen molar-refractivity contribution in [3.8, 4) is 0 Å². The number of nitrogens with one attached hydrogen (secondary N) is 1. The van der Waals surface area contributed by atoms with Gasteiger partial charge < -0.3 is 19.7 Å². The Hall–Kier alpha value is -4.49. The zero-order chi connectivity index (χ0) is 32.5. The number of hydrogen-bond donors (Lipinski definition) is 1. The molecule has 2 aliphatic heterocycles. The molecule has 2 heterocycles. The molecule has 242 valence electrons. The number of ether oxygens (including phenoxy) is 2. The van der Waals surface area contributed by atoms with Gasteiger partial charge in [-0.05, 0) is 70.9 Å². The standard InChI is InChI=1S/C40H42N2O5/c1-26-40(39(45)46-2)23-32(21-37(43)41-24-30-17-9-15-27-11-5-7-19-33(27)30)38(44)42(36(40)22-35(47-26)29-13-3-4-14-29)25-31-18-10-16-28-12-6-8-20-34(28)31/h5-12,15-20,22,26,29,32,35H,3-4,13-14,21,23-25H2,1-2H3,(H,41,43)/t26-,32+,35-,40+/m1/s1. The molecule has 4 aromatic carbocycles. The largest absolute Gasteiger partial charge is 0.468 e. The quantitative estimate of drug-likeness (QED) is 0.211. The van der Waals surface area contributed by atoms with E-state index in [0.29, 0.717) is 18.2 Å². The maximum Gasteiger partial charge on any atom is 0.320 e. The average Bonchev–Trinajstić information content (AvgIpc) is 3.64. The van der Waals surface area contributed by atoms with Gasteiger partial charge in [-0.15, -0.1) is 0 Å². The molecule has 7 nitrogen and oxygen atoms in total. The molecule has 7 rings (SSSR count). The summed E-state index contributed by atoms with van der Waals surface area (Å²) in [6.07, 6.45) is 5.84. The van der Waals surface area contributed by atoms with Crippen molar-refractivity contribution >= 4 is 39.3 Å². The molecule has 0 unspecified atom stereocenters. The second kappa shape index (κ2) is 13.0. The minimum Gasteiger partial charge on any atom is -0.468 e. The van der Waals surface area contributed by atoms with Crippen LogP contribution in [0.3, 0.4) is 0 Å². The summed E-state index contributed by atoms with van der Waals surface area (Å²) in [6, 6.07) is 28.3. The predicted octanol–water partition coefficient (Wildman–Crippen LogP) is 7.07. The Bertz CT molecular complexity index is 1850. The number of rotatable bonds is 8. The van der Waals surface area contributed by atoms with Crippen LogP contribution in [0.2, 0.25) is 0 Å². The SMILES string of the molecule is COC(=O)[C@]12C[C@H](CC(=O)NCc3cccc4ccccc34)C(=O)N(Cc3cccc4ccccc34)C1=C[C@H](C1CCCC1)O[C@@H]2C. The molecule has 47 heavy (non-hydrogen) atoms. The van der Waals surface area contributed by atoms with Crippen molar-refractivity contribution in [2.45, 2.75) is 70.7 Å². The van der Waals surface area contributed by atoms with Crippen LogP contribution in [0.5, 0.6) is 0 Å². The van der Waals surface area contributed by atoms with Crippen molar-refractivity contribution in [3.05, 3.63) is 108 Å². The van der Waals surface area contributed by atoms with Crippen LogP contribution in [0.1, 0.15) is 56.6 Å². The van der Waals surface area contributed by atoms with Crippen LogP contribution in [0.25, 0.3) is 21.5 Å². The Morgan fingerprint density at radius 1 is 0.894 bits per heavy atom. The van der Waals surface area contributed by atoms with Gasteiger partial charge >= 0.3 is 5.97 Å². The number of amides is 2. The lowest BCUT2D eigenvalue weighted by molar-refractivity contribution is -0.178. The number of nitrogens with zero attached hydrogens (tertiary/aromatic N) is 1. The number of carbonyl (C=O) groups excluding carboxylic acids is 3. The Kier molecular flexibility index (Phi) is 8.58. The maximum absolute atomic E-state index is 14.6. The summed E-state index contributed by atoms with van der Waals surface area (Å²) in [5.74, 6) is -1.21. The average molecular weight is 631 g/mol. The number of methoxy groups -OCH3 is 1.